The third kappa shape index (κ3) is 5.70. The smallest absolute Gasteiger partial charge is 0.407 e. The number of rotatable bonds is 7. The van der Waals surface area contributed by atoms with E-state index in [0.29, 0.717) is 5.56 Å². The van der Waals surface area contributed by atoms with Crippen LogP contribution in [0, 0.1) is 0 Å². The predicted molar refractivity (Wildman–Crippen MR) is 97.8 cm³/mol. The van der Waals surface area contributed by atoms with Crippen molar-refractivity contribution in [3.05, 3.63) is 65.2 Å². The molecule has 8 nitrogen and oxygen atoms in total. The van der Waals surface area contributed by atoms with E-state index < -0.39 is 24.3 Å². The number of carbonyl (C=O) groups excluding carboxylic acids is 2. The van der Waals surface area contributed by atoms with Crippen molar-refractivity contribution in [3.63, 3.8) is 0 Å². The monoisotopic (exact) mass is 374 g/mol. The highest BCUT2D eigenvalue weighted by Gasteiger charge is 2.21. The van der Waals surface area contributed by atoms with Gasteiger partial charge in [-0.25, -0.2) is 9.59 Å². The number of amides is 1. The molecule has 0 heterocycles. The fourth-order valence-electron chi connectivity index (χ4n) is 2.36. The van der Waals surface area contributed by atoms with Crippen molar-refractivity contribution in [2.24, 2.45) is 0 Å². The molecule has 2 atom stereocenters. The van der Waals surface area contributed by atoms with Gasteiger partial charge in [0.1, 0.15) is 18.8 Å². The minimum Gasteiger partial charge on any atom is -0.465 e. The van der Waals surface area contributed by atoms with Crippen molar-refractivity contribution < 1.29 is 29.3 Å². The molecule has 0 saturated carbocycles. The van der Waals surface area contributed by atoms with Crippen molar-refractivity contribution in [2.75, 3.05) is 19.4 Å². The van der Waals surface area contributed by atoms with Crippen LogP contribution in [-0.2, 0) is 16.1 Å². The highest BCUT2D eigenvalue weighted by molar-refractivity contribution is 5.95. The standard InChI is InChI=1S/C19H22N2O6/c1-26-18(24)14-8-7-13(9-15(14)20)17(23)16(22)10-21-19(25)27-11-12-5-3-2-4-6-12/h2-9,16-17,22-23H,10-11,20H2,1H3,(H,21,25). The van der Waals surface area contributed by atoms with Crippen LogP contribution in [0.15, 0.2) is 48.5 Å². The van der Waals surface area contributed by atoms with Crippen LogP contribution >= 0.6 is 0 Å². The molecule has 0 fully saturated rings. The summed E-state index contributed by atoms with van der Waals surface area (Å²) in [6.07, 6.45) is -3.32. The number of aliphatic hydroxyl groups is 2. The van der Waals surface area contributed by atoms with E-state index in [1.165, 1.54) is 25.3 Å². The molecule has 0 spiro atoms. The number of alkyl carbamates (subject to hydrolysis) is 1. The molecule has 0 saturated heterocycles. The third-order valence-electron chi connectivity index (χ3n) is 3.86. The summed E-state index contributed by atoms with van der Waals surface area (Å²) in [4.78, 5) is 23.2. The molecule has 0 aliphatic rings. The maximum atomic E-state index is 11.7. The van der Waals surface area contributed by atoms with Crippen LogP contribution in [0.1, 0.15) is 27.6 Å². The lowest BCUT2D eigenvalue weighted by atomic mass is 10.0. The van der Waals surface area contributed by atoms with Gasteiger partial charge in [0.05, 0.1) is 12.7 Å². The van der Waals surface area contributed by atoms with Crippen LogP contribution in [-0.4, -0.2) is 42.0 Å². The van der Waals surface area contributed by atoms with Crippen LogP contribution in [0.2, 0.25) is 0 Å². The molecule has 0 radical (unpaired) electrons. The van der Waals surface area contributed by atoms with Gasteiger partial charge in [0.15, 0.2) is 0 Å². The third-order valence-corrected chi connectivity index (χ3v) is 3.86. The zero-order chi connectivity index (χ0) is 19.8. The topological polar surface area (TPSA) is 131 Å². The predicted octanol–water partition coefficient (Wildman–Crippen LogP) is 1.38. The van der Waals surface area contributed by atoms with E-state index in [1.807, 2.05) is 30.3 Å². The van der Waals surface area contributed by atoms with Gasteiger partial charge in [-0.1, -0.05) is 36.4 Å². The molecule has 0 aliphatic carbocycles. The summed E-state index contributed by atoms with van der Waals surface area (Å²) in [5, 5.41) is 22.7. The van der Waals surface area contributed by atoms with Gasteiger partial charge in [-0.15, -0.1) is 0 Å². The molecule has 144 valence electrons. The zero-order valence-corrected chi connectivity index (χ0v) is 14.8. The highest BCUT2D eigenvalue weighted by atomic mass is 16.5. The molecule has 1 amide bonds. The zero-order valence-electron chi connectivity index (χ0n) is 14.8. The van der Waals surface area contributed by atoms with Crippen LogP contribution in [0.4, 0.5) is 10.5 Å². The number of esters is 1. The molecule has 5 N–H and O–H groups in total. The molecule has 2 aromatic rings. The minimum absolute atomic E-state index is 0.0941. The molecule has 2 rings (SSSR count). The Balaban J connectivity index is 1.86. The van der Waals surface area contributed by atoms with Gasteiger partial charge in [-0.3, -0.25) is 0 Å². The first kappa shape index (κ1) is 20.2. The number of methoxy groups -OCH3 is 1. The van der Waals surface area contributed by atoms with Crippen molar-refractivity contribution in [1.29, 1.82) is 0 Å². The fraction of sp³-hybridized carbons (Fsp3) is 0.263. The van der Waals surface area contributed by atoms with Gasteiger partial charge in [-0.05, 0) is 23.3 Å². The number of nitrogen functional groups attached to an aromatic ring is 1. The molecule has 0 aliphatic heterocycles. The van der Waals surface area contributed by atoms with E-state index in [1.54, 1.807) is 0 Å². The maximum absolute atomic E-state index is 11.7. The lowest BCUT2D eigenvalue weighted by molar-refractivity contribution is 0.0184. The number of carbonyl (C=O) groups is 2. The molecular weight excluding hydrogens is 352 g/mol. The van der Waals surface area contributed by atoms with Gasteiger partial charge in [0.25, 0.3) is 0 Å². The number of hydrogen-bond acceptors (Lipinski definition) is 7. The average molecular weight is 374 g/mol. The Kier molecular flexibility index (Phi) is 7.16. The summed E-state index contributed by atoms with van der Waals surface area (Å²) < 4.78 is 9.62. The summed E-state index contributed by atoms with van der Waals surface area (Å²) in [5.74, 6) is -0.600. The molecule has 0 bridgehead atoms. The number of nitrogens with one attached hydrogen (secondary N) is 1. The molecule has 8 heteroatoms. The molecular formula is C19H22N2O6. The lowest BCUT2D eigenvalue weighted by Crippen LogP contribution is -2.35. The number of benzene rings is 2. The van der Waals surface area contributed by atoms with Crippen LogP contribution in [0.25, 0.3) is 0 Å². The van der Waals surface area contributed by atoms with E-state index in [2.05, 4.69) is 10.1 Å². The normalized spacial score (nSPS) is 12.7. The second-order valence-electron chi connectivity index (χ2n) is 5.79. The Morgan fingerprint density at radius 1 is 1.15 bits per heavy atom. The first-order chi connectivity index (χ1) is 12.9. The Bertz CT molecular complexity index is 781. The summed E-state index contributed by atoms with van der Waals surface area (Å²) in [7, 11) is 1.23. The Hall–Kier alpha value is -3.10. The van der Waals surface area contributed by atoms with Gasteiger partial charge in [-0.2, -0.15) is 0 Å². The first-order valence-corrected chi connectivity index (χ1v) is 8.20. The minimum atomic E-state index is -1.31. The number of hydrogen-bond donors (Lipinski definition) is 4. The van der Waals surface area contributed by atoms with Crippen molar-refractivity contribution in [3.8, 4) is 0 Å². The van der Waals surface area contributed by atoms with Crippen molar-refractivity contribution in [2.45, 2.75) is 18.8 Å². The summed E-state index contributed by atoms with van der Waals surface area (Å²) >= 11 is 0. The SMILES string of the molecule is COC(=O)c1ccc(C(O)C(O)CNC(=O)OCc2ccccc2)cc1N. The highest BCUT2D eigenvalue weighted by Crippen LogP contribution is 2.22. The van der Waals surface area contributed by atoms with Crippen molar-refractivity contribution in [1.82, 2.24) is 5.32 Å². The van der Waals surface area contributed by atoms with Crippen molar-refractivity contribution >= 4 is 17.7 Å². The Morgan fingerprint density at radius 3 is 2.48 bits per heavy atom. The quantitative estimate of drug-likeness (QED) is 0.425. The van der Waals surface area contributed by atoms with E-state index >= 15 is 0 Å². The Morgan fingerprint density at radius 2 is 1.85 bits per heavy atom. The summed E-state index contributed by atoms with van der Waals surface area (Å²) in [6.45, 7) is -0.135. The number of aliphatic hydroxyl groups excluding tert-OH is 2. The first-order valence-electron chi connectivity index (χ1n) is 8.20. The second-order valence-corrected chi connectivity index (χ2v) is 5.79. The van der Waals surface area contributed by atoms with Crippen LogP contribution in [0.5, 0.6) is 0 Å². The van der Waals surface area contributed by atoms with E-state index in [9.17, 15) is 19.8 Å². The average Bonchev–Trinajstić information content (AvgIpc) is 2.69. The second kappa shape index (κ2) is 9.56. The molecule has 0 aromatic heterocycles. The van der Waals surface area contributed by atoms with Gasteiger partial charge >= 0.3 is 12.1 Å². The molecule has 2 aromatic carbocycles. The summed E-state index contributed by atoms with van der Waals surface area (Å²) in [6, 6.07) is 13.3. The van der Waals surface area contributed by atoms with Gasteiger partial charge < -0.3 is 30.7 Å². The maximum Gasteiger partial charge on any atom is 0.407 e. The van der Waals surface area contributed by atoms with E-state index in [-0.39, 0.29) is 24.4 Å². The molecule has 2 unspecified atom stereocenters. The van der Waals surface area contributed by atoms with Gasteiger partial charge in [0, 0.05) is 12.2 Å². The lowest BCUT2D eigenvalue weighted by Gasteiger charge is -2.19. The number of anilines is 1. The summed E-state index contributed by atoms with van der Waals surface area (Å²) in [5.41, 5.74) is 7.17. The largest absolute Gasteiger partial charge is 0.465 e. The van der Waals surface area contributed by atoms with E-state index in [0.717, 1.165) is 5.56 Å². The number of ether oxygens (including phenoxy) is 2. The fourth-order valence-corrected chi connectivity index (χ4v) is 2.36. The Labute approximate surface area is 156 Å². The van der Waals surface area contributed by atoms with E-state index in [4.69, 9.17) is 10.5 Å². The van der Waals surface area contributed by atoms with Gasteiger partial charge in [0.2, 0.25) is 0 Å². The number of nitrogens with two attached hydrogens (primary N) is 1. The van der Waals surface area contributed by atoms with Crippen LogP contribution < -0.4 is 11.1 Å². The molecule has 27 heavy (non-hydrogen) atoms. The van der Waals surface area contributed by atoms with Crippen LogP contribution in [0.3, 0.4) is 0 Å².